The third kappa shape index (κ3) is 7.11. The number of nitrogens with zero attached hydrogens (tertiary/aromatic N) is 8. The molecule has 8 rings (SSSR count). The fourth-order valence-electron chi connectivity index (χ4n) is 7.38. The van der Waals surface area contributed by atoms with E-state index < -0.39 is 11.9 Å². The molecule has 0 aliphatic carbocycles. The van der Waals surface area contributed by atoms with Crippen LogP contribution in [-0.4, -0.2) is 111 Å². The zero-order valence-electron chi connectivity index (χ0n) is 29.0. The largest absolute Gasteiger partial charge is 0.387 e. The molecular formula is C37H41N11O3S. The van der Waals surface area contributed by atoms with E-state index in [2.05, 4.69) is 45.9 Å². The van der Waals surface area contributed by atoms with Crippen LogP contribution in [0.3, 0.4) is 0 Å². The number of benzene rings is 1. The molecule has 3 saturated heterocycles. The number of likely N-dealkylation sites (tertiary alicyclic amines) is 1. The number of carbonyl (C=O) groups excluding carboxylic acids is 3. The lowest BCUT2D eigenvalue weighted by Gasteiger charge is -2.42. The molecule has 3 aliphatic rings. The Kier molecular flexibility index (Phi) is 9.62. The molecule has 7 heterocycles. The molecule has 14 nitrogen and oxygen atoms in total. The van der Waals surface area contributed by atoms with Gasteiger partial charge in [0.2, 0.25) is 16.9 Å². The lowest BCUT2D eigenvalue weighted by molar-refractivity contribution is -0.134. The molecule has 1 atom stereocenters. The van der Waals surface area contributed by atoms with Crippen molar-refractivity contribution in [3.8, 4) is 22.0 Å². The Labute approximate surface area is 305 Å². The van der Waals surface area contributed by atoms with Crippen LogP contribution in [0.25, 0.3) is 27.5 Å². The van der Waals surface area contributed by atoms with Gasteiger partial charge in [0.15, 0.2) is 5.01 Å². The van der Waals surface area contributed by atoms with Crippen molar-refractivity contribution in [2.75, 3.05) is 56.5 Å². The standard InChI is InChI=1S/C37H41N11O3S/c1-38-30-21-31(32-10-8-27-3-2-14-40-48(27)32)39-22-28(30)36-43-44-37(52-36)47-19-17-46(18-20-47)26-12-15-45(16-13-26)23-24-4-6-25(7-5-24)34(50)41-29-9-11-33(49)42-35(29)51/h2-8,10,14,21-22,26,29H,9,11-13,15-20,23H2,1H3,(H,38,39)(H,41,50)(H,42,49,51). The van der Waals surface area contributed by atoms with Crippen LogP contribution in [0.4, 0.5) is 10.8 Å². The van der Waals surface area contributed by atoms with E-state index >= 15 is 0 Å². The van der Waals surface area contributed by atoms with Crippen LogP contribution in [0.2, 0.25) is 0 Å². The third-order valence-corrected chi connectivity index (χ3v) is 11.3. The molecule has 0 bridgehead atoms. The maximum absolute atomic E-state index is 12.7. The normalized spacial score (nSPS) is 19.2. The number of rotatable bonds is 9. The Morgan fingerprint density at radius 2 is 1.77 bits per heavy atom. The molecule has 15 heteroatoms. The van der Waals surface area contributed by atoms with E-state index in [0.717, 1.165) is 103 Å². The number of hydrogen-bond acceptors (Lipinski definition) is 12. The SMILES string of the molecule is CNc1cc(-c2ccc3cccnn23)ncc1-c1nnc(N2CCN(C3CCN(Cc4ccc(C(=O)NC5CCC(=O)NC5=O)cc4)CC3)CC2)s1. The molecule has 0 radical (unpaired) electrons. The van der Waals surface area contributed by atoms with E-state index in [1.165, 1.54) is 0 Å². The van der Waals surface area contributed by atoms with Gasteiger partial charge >= 0.3 is 0 Å². The first kappa shape index (κ1) is 33.9. The minimum atomic E-state index is -0.679. The lowest BCUT2D eigenvalue weighted by atomic mass is 10.0. The summed E-state index contributed by atoms with van der Waals surface area (Å²) in [5, 5.41) is 23.8. The fraction of sp³-hybridized carbons (Fsp3) is 0.378. The van der Waals surface area contributed by atoms with E-state index in [-0.39, 0.29) is 18.2 Å². The number of aromatic nitrogens is 5. The molecule has 4 aromatic heterocycles. The van der Waals surface area contributed by atoms with Crippen molar-refractivity contribution in [1.82, 2.24) is 45.2 Å². The van der Waals surface area contributed by atoms with Gasteiger partial charge in [0.25, 0.3) is 5.91 Å². The highest BCUT2D eigenvalue weighted by Crippen LogP contribution is 2.35. The van der Waals surface area contributed by atoms with Crippen molar-refractivity contribution in [3.63, 3.8) is 0 Å². The molecule has 52 heavy (non-hydrogen) atoms. The summed E-state index contributed by atoms with van der Waals surface area (Å²) in [6.07, 6.45) is 6.45. The number of piperidine rings is 2. The van der Waals surface area contributed by atoms with Crippen molar-refractivity contribution in [2.24, 2.45) is 0 Å². The average molecular weight is 720 g/mol. The number of hydrogen-bond donors (Lipinski definition) is 3. The number of nitrogens with one attached hydrogen (secondary N) is 3. The van der Waals surface area contributed by atoms with Crippen LogP contribution in [0, 0.1) is 0 Å². The first-order valence-electron chi connectivity index (χ1n) is 17.8. The van der Waals surface area contributed by atoms with Gasteiger partial charge in [-0.15, -0.1) is 10.2 Å². The van der Waals surface area contributed by atoms with E-state index in [0.29, 0.717) is 18.0 Å². The second-order valence-electron chi connectivity index (χ2n) is 13.5. The van der Waals surface area contributed by atoms with Crippen molar-refractivity contribution in [3.05, 3.63) is 78.1 Å². The lowest BCUT2D eigenvalue weighted by Crippen LogP contribution is -2.53. The van der Waals surface area contributed by atoms with E-state index in [4.69, 9.17) is 4.98 Å². The number of piperazine rings is 1. The second kappa shape index (κ2) is 14.8. The summed E-state index contributed by atoms with van der Waals surface area (Å²) in [6, 6.07) is 17.5. The van der Waals surface area contributed by atoms with Crippen LogP contribution in [0.1, 0.15) is 41.6 Å². The summed E-state index contributed by atoms with van der Waals surface area (Å²) in [5.41, 5.74) is 6.33. The Hall–Kier alpha value is -5.25. The van der Waals surface area contributed by atoms with E-state index in [1.807, 2.05) is 60.2 Å². The van der Waals surface area contributed by atoms with Crippen LogP contribution in [0.5, 0.6) is 0 Å². The Bertz CT molecular complexity index is 2080. The molecule has 268 valence electrons. The first-order valence-corrected chi connectivity index (χ1v) is 18.6. The van der Waals surface area contributed by atoms with Gasteiger partial charge in [-0.2, -0.15) is 5.10 Å². The van der Waals surface area contributed by atoms with Gasteiger partial charge in [-0.25, -0.2) is 4.52 Å². The molecule has 0 spiro atoms. The average Bonchev–Trinajstić information content (AvgIpc) is 3.85. The molecule has 5 aromatic rings. The van der Waals surface area contributed by atoms with Gasteiger partial charge < -0.3 is 15.5 Å². The van der Waals surface area contributed by atoms with Gasteiger partial charge in [-0.3, -0.25) is 34.5 Å². The van der Waals surface area contributed by atoms with Gasteiger partial charge in [0.05, 0.1) is 22.5 Å². The fourth-order valence-corrected chi connectivity index (χ4v) is 8.30. The van der Waals surface area contributed by atoms with E-state index in [9.17, 15) is 14.4 Å². The molecule has 0 saturated carbocycles. The summed E-state index contributed by atoms with van der Waals surface area (Å²) in [4.78, 5) is 48.3. The van der Waals surface area contributed by atoms with Gasteiger partial charge in [-0.1, -0.05) is 23.5 Å². The Balaban J connectivity index is 0.809. The number of fused-ring (bicyclic) bond motifs is 1. The maximum Gasteiger partial charge on any atom is 0.251 e. The zero-order chi connectivity index (χ0) is 35.6. The van der Waals surface area contributed by atoms with Crippen LogP contribution in [-0.2, 0) is 16.1 Å². The second-order valence-corrected chi connectivity index (χ2v) is 14.5. The topological polar surface area (TPSA) is 153 Å². The van der Waals surface area contributed by atoms with Crippen molar-refractivity contribution < 1.29 is 14.4 Å². The predicted octanol–water partition coefficient (Wildman–Crippen LogP) is 3.28. The quantitative estimate of drug-likeness (QED) is 0.193. The molecule has 1 aromatic carbocycles. The van der Waals surface area contributed by atoms with Gasteiger partial charge in [0.1, 0.15) is 6.04 Å². The predicted molar refractivity (Wildman–Crippen MR) is 199 cm³/mol. The number of amides is 3. The van der Waals surface area contributed by atoms with Crippen molar-refractivity contribution in [1.29, 1.82) is 0 Å². The van der Waals surface area contributed by atoms with Crippen LogP contribution < -0.4 is 20.9 Å². The molecule has 3 fully saturated rings. The summed E-state index contributed by atoms with van der Waals surface area (Å²) in [6.45, 7) is 6.73. The molecule has 3 N–H and O–H groups in total. The number of imide groups is 1. The highest BCUT2D eigenvalue weighted by atomic mass is 32.1. The molecule has 1 unspecified atom stereocenters. The first-order chi connectivity index (χ1) is 25.4. The maximum atomic E-state index is 12.7. The molecular weight excluding hydrogens is 679 g/mol. The van der Waals surface area contributed by atoms with E-state index in [1.54, 1.807) is 29.7 Å². The molecule has 3 aliphatic heterocycles. The minimum Gasteiger partial charge on any atom is -0.387 e. The zero-order valence-corrected chi connectivity index (χ0v) is 29.8. The third-order valence-electron chi connectivity index (χ3n) is 10.3. The summed E-state index contributed by atoms with van der Waals surface area (Å²) < 4.78 is 1.90. The smallest absolute Gasteiger partial charge is 0.251 e. The monoisotopic (exact) mass is 719 g/mol. The van der Waals surface area contributed by atoms with Gasteiger partial charge in [0, 0.05) is 75.9 Å². The highest BCUT2D eigenvalue weighted by Gasteiger charge is 2.30. The Morgan fingerprint density at radius 3 is 2.54 bits per heavy atom. The van der Waals surface area contributed by atoms with Crippen molar-refractivity contribution >= 4 is 45.4 Å². The summed E-state index contributed by atoms with van der Waals surface area (Å²) >= 11 is 1.61. The number of anilines is 2. The van der Waals surface area contributed by atoms with Crippen molar-refractivity contribution in [2.45, 2.75) is 44.3 Å². The van der Waals surface area contributed by atoms with Gasteiger partial charge in [-0.05, 0) is 80.4 Å². The minimum absolute atomic E-state index is 0.230. The summed E-state index contributed by atoms with van der Waals surface area (Å²) in [5.74, 6) is -1.05. The number of pyridine rings is 1. The summed E-state index contributed by atoms with van der Waals surface area (Å²) in [7, 11) is 1.91. The van der Waals surface area contributed by atoms with Crippen LogP contribution in [0.15, 0.2) is 67.0 Å². The van der Waals surface area contributed by atoms with Crippen LogP contribution >= 0.6 is 11.3 Å². The number of carbonyl (C=O) groups is 3. The Morgan fingerprint density at radius 1 is 0.962 bits per heavy atom. The highest BCUT2D eigenvalue weighted by molar-refractivity contribution is 7.18. The molecule has 3 amide bonds.